The van der Waals surface area contributed by atoms with Crippen molar-refractivity contribution < 1.29 is 9.31 Å². The van der Waals surface area contributed by atoms with Crippen LogP contribution in [0, 0.1) is 0 Å². The van der Waals surface area contributed by atoms with E-state index in [1.54, 1.807) is 12.3 Å². The standard InChI is InChI=1S/C13H20BClN4O2/c1-12(2)13(3,4)21-14(20-12)9(6-16)5-8-7-18-11(15)19-10(8)17/h5,7H,6,16H2,1-4H3,(H2,17,18,19). The van der Waals surface area contributed by atoms with Gasteiger partial charge in [-0.15, -0.1) is 0 Å². The highest BCUT2D eigenvalue weighted by molar-refractivity contribution is 6.56. The van der Waals surface area contributed by atoms with Crippen molar-refractivity contribution in [3.63, 3.8) is 0 Å². The molecule has 0 spiro atoms. The summed E-state index contributed by atoms with van der Waals surface area (Å²) >= 11 is 5.69. The fourth-order valence-corrected chi connectivity index (χ4v) is 2.05. The molecule has 4 N–H and O–H groups in total. The van der Waals surface area contributed by atoms with Crippen LogP contribution in [0.4, 0.5) is 5.82 Å². The van der Waals surface area contributed by atoms with Crippen LogP contribution in [0.1, 0.15) is 33.3 Å². The largest absolute Gasteiger partial charge is 0.491 e. The Morgan fingerprint density at radius 2 is 1.90 bits per heavy atom. The lowest BCUT2D eigenvalue weighted by Gasteiger charge is -2.32. The first-order chi connectivity index (χ1) is 9.66. The second-order valence-electron chi connectivity index (χ2n) is 5.99. The minimum atomic E-state index is -0.518. The van der Waals surface area contributed by atoms with Gasteiger partial charge >= 0.3 is 7.12 Å². The Bertz CT molecular complexity index is 561. The molecule has 0 radical (unpaired) electrons. The Balaban J connectivity index is 2.31. The monoisotopic (exact) mass is 310 g/mol. The average Bonchev–Trinajstić information content (AvgIpc) is 2.57. The highest BCUT2D eigenvalue weighted by Gasteiger charge is 2.52. The molecule has 1 aromatic heterocycles. The van der Waals surface area contributed by atoms with Crippen molar-refractivity contribution in [2.45, 2.75) is 38.9 Å². The Morgan fingerprint density at radius 1 is 1.33 bits per heavy atom. The van der Waals surface area contributed by atoms with Crippen LogP contribution in [0.3, 0.4) is 0 Å². The molecule has 0 aliphatic carbocycles. The van der Waals surface area contributed by atoms with Gasteiger partial charge in [-0.2, -0.15) is 0 Å². The first kappa shape index (κ1) is 16.2. The Hall–Kier alpha value is -1.15. The van der Waals surface area contributed by atoms with Crippen molar-refractivity contribution in [3.05, 3.63) is 22.5 Å². The number of halogens is 1. The van der Waals surface area contributed by atoms with Gasteiger partial charge in [-0.05, 0) is 44.8 Å². The predicted molar refractivity (Wildman–Crippen MR) is 84.6 cm³/mol. The third kappa shape index (κ3) is 3.21. The maximum absolute atomic E-state index is 5.97. The molecule has 0 aromatic carbocycles. The van der Waals surface area contributed by atoms with Crippen LogP contribution in [0.2, 0.25) is 5.28 Å². The molecule has 1 fully saturated rings. The van der Waals surface area contributed by atoms with Gasteiger partial charge in [0, 0.05) is 18.3 Å². The van der Waals surface area contributed by atoms with Crippen molar-refractivity contribution in [3.8, 4) is 0 Å². The SMILES string of the molecule is CC1(C)OB(C(=Cc2cnc(Cl)nc2N)CN)OC1(C)C. The topological polar surface area (TPSA) is 96.3 Å². The summed E-state index contributed by atoms with van der Waals surface area (Å²) in [5, 5.41) is 0.106. The third-order valence-electron chi connectivity index (χ3n) is 3.95. The maximum Gasteiger partial charge on any atom is 0.491 e. The highest BCUT2D eigenvalue weighted by atomic mass is 35.5. The normalized spacial score (nSPS) is 20.9. The average molecular weight is 311 g/mol. The molecule has 1 aliphatic rings. The summed E-state index contributed by atoms with van der Waals surface area (Å²) in [6.07, 6.45) is 3.33. The van der Waals surface area contributed by atoms with E-state index in [0.29, 0.717) is 5.56 Å². The second kappa shape index (κ2) is 5.57. The minimum Gasteiger partial charge on any atom is -0.400 e. The lowest BCUT2D eigenvalue weighted by atomic mass is 9.77. The summed E-state index contributed by atoms with van der Waals surface area (Å²) in [5.74, 6) is 0.289. The Labute approximate surface area is 130 Å². The Kier molecular flexibility index (Phi) is 4.30. The molecule has 0 atom stereocenters. The minimum absolute atomic E-state index is 0.106. The summed E-state index contributed by atoms with van der Waals surface area (Å²) in [5.41, 5.74) is 12.2. The van der Waals surface area contributed by atoms with E-state index in [1.807, 2.05) is 27.7 Å². The molecule has 1 aromatic rings. The molecule has 114 valence electrons. The molecule has 0 bridgehead atoms. The fraction of sp³-hybridized carbons (Fsp3) is 0.538. The van der Waals surface area contributed by atoms with E-state index in [9.17, 15) is 0 Å². The molecule has 8 heteroatoms. The molecule has 1 saturated heterocycles. The molecule has 0 saturated carbocycles. The predicted octanol–water partition coefficient (Wildman–Crippen LogP) is 1.69. The number of nitrogen functional groups attached to an aromatic ring is 1. The number of hydrogen-bond donors (Lipinski definition) is 2. The van der Waals surface area contributed by atoms with Gasteiger partial charge < -0.3 is 20.8 Å². The van der Waals surface area contributed by atoms with Crippen molar-refractivity contribution in [1.29, 1.82) is 0 Å². The summed E-state index contributed by atoms with van der Waals surface area (Å²) < 4.78 is 11.9. The zero-order valence-corrected chi connectivity index (χ0v) is 13.4. The molecular weight excluding hydrogens is 290 g/mol. The summed E-state index contributed by atoms with van der Waals surface area (Å²) in [7, 11) is -0.518. The smallest absolute Gasteiger partial charge is 0.400 e. The van der Waals surface area contributed by atoms with Crippen LogP contribution in [0.25, 0.3) is 6.08 Å². The van der Waals surface area contributed by atoms with E-state index in [4.69, 9.17) is 32.4 Å². The van der Waals surface area contributed by atoms with Crippen LogP contribution in [-0.4, -0.2) is 34.8 Å². The third-order valence-corrected chi connectivity index (χ3v) is 4.13. The van der Waals surface area contributed by atoms with Gasteiger partial charge in [0.05, 0.1) is 11.2 Å². The van der Waals surface area contributed by atoms with Crippen molar-refractivity contribution in [2.75, 3.05) is 12.3 Å². The molecule has 1 aliphatic heterocycles. The number of rotatable bonds is 3. The van der Waals surface area contributed by atoms with Gasteiger partial charge in [0.1, 0.15) is 5.82 Å². The van der Waals surface area contributed by atoms with Crippen molar-refractivity contribution in [1.82, 2.24) is 9.97 Å². The second-order valence-corrected chi connectivity index (χ2v) is 6.33. The van der Waals surface area contributed by atoms with Crippen LogP contribution >= 0.6 is 11.6 Å². The van der Waals surface area contributed by atoms with Crippen LogP contribution in [0.15, 0.2) is 11.7 Å². The lowest BCUT2D eigenvalue weighted by Crippen LogP contribution is -2.41. The van der Waals surface area contributed by atoms with E-state index in [2.05, 4.69) is 9.97 Å². The zero-order chi connectivity index (χ0) is 15.8. The van der Waals surface area contributed by atoms with Gasteiger partial charge in [0.15, 0.2) is 0 Å². The van der Waals surface area contributed by atoms with Crippen LogP contribution in [0.5, 0.6) is 0 Å². The van der Waals surface area contributed by atoms with Gasteiger partial charge in [-0.1, -0.05) is 6.08 Å². The number of aromatic nitrogens is 2. The number of hydrogen-bond acceptors (Lipinski definition) is 6. The Morgan fingerprint density at radius 3 is 2.38 bits per heavy atom. The van der Waals surface area contributed by atoms with E-state index in [-0.39, 0.29) is 17.6 Å². The molecule has 0 amide bonds. The molecule has 0 unspecified atom stereocenters. The van der Waals surface area contributed by atoms with Crippen LogP contribution < -0.4 is 11.5 Å². The van der Waals surface area contributed by atoms with E-state index < -0.39 is 18.3 Å². The zero-order valence-electron chi connectivity index (χ0n) is 12.7. The number of anilines is 1. The first-order valence-corrected chi connectivity index (χ1v) is 7.08. The lowest BCUT2D eigenvalue weighted by molar-refractivity contribution is 0.00578. The van der Waals surface area contributed by atoms with Crippen molar-refractivity contribution >= 4 is 30.6 Å². The fourth-order valence-electron chi connectivity index (χ4n) is 1.91. The summed E-state index contributed by atoms with van der Waals surface area (Å²) in [6, 6.07) is 0. The summed E-state index contributed by atoms with van der Waals surface area (Å²) in [4.78, 5) is 7.83. The van der Waals surface area contributed by atoms with Crippen LogP contribution in [-0.2, 0) is 9.31 Å². The van der Waals surface area contributed by atoms with Gasteiger partial charge in [-0.25, -0.2) is 9.97 Å². The van der Waals surface area contributed by atoms with Gasteiger partial charge in [0.2, 0.25) is 5.28 Å². The van der Waals surface area contributed by atoms with E-state index >= 15 is 0 Å². The summed E-state index contributed by atoms with van der Waals surface area (Å²) in [6.45, 7) is 8.22. The first-order valence-electron chi connectivity index (χ1n) is 6.70. The molecule has 2 heterocycles. The van der Waals surface area contributed by atoms with Crippen molar-refractivity contribution in [2.24, 2.45) is 5.73 Å². The van der Waals surface area contributed by atoms with Gasteiger partial charge in [0.25, 0.3) is 0 Å². The molecule has 6 nitrogen and oxygen atoms in total. The number of nitrogens with two attached hydrogens (primary N) is 2. The molecular formula is C13H20BClN4O2. The molecule has 2 rings (SSSR count). The van der Waals surface area contributed by atoms with E-state index in [0.717, 1.165) is 5.47 Å². The van der Waals surface area contributed by atoms with Gasteiger partial charge in [-0.3, -0.25) is 0 Å². The molecule has 21 heavy (non-hydrogen) atoms. The maximum atomic E-state index is 5.97. The highest BCUT2D eigenvalue weighted by Crippen LogP contribution is 2.38. The van der Waals surface area contributed by atoms with E-state index in [1.165, 1.54) is 0 Å². The quantitative estimate of drug-likeness (QED) is 0.651. The number of nitrogens with zero attached hydrogens (tertiary/aromatic N) is 2.